The van der Waals surface area contributed by atoms with Crippen LogP contribution in [-0.4, -0.2) is 21.9 Å². The molecule has 1 aromatic heterocycles. The zero-order chi connectivity index (χ0) is 24.0. The molecule has 0 fully saturated rings. The minimum absolute atomic E-state index is 0.328. The first-order valence-corrected chi connectivity index (χ1v) is 11.7. The van der Waals surface area contributed by atoms with Gasteiger partial charge in [0.05, 0.1) is 11.2 Å². The monoisotopic (exact) mass is 439 g/mol. The van der Waals surface area contributed by atoms with E-state index in [0.717, 1.165) is 28.4 Å². The van der Waals surface area contributed by atoms with E-state index in [9.17, 15) is 4.79 Å². The Labute approximate surface area is 197 Å². The van der Waals surface area contributed by atoms with Gasteiger partial charge in [0.15, 0.2) is 12.1 Å². The highest BCUT2D eigenvalue weighted by molar-refractivity contribution is 6.08. The molecule has 0 N–H and O–H groups in total. The van der Waals surface area contributed by atoms with E-state index in [2.05, 4.69) is 51.0 Å². The van der Waals surface area contributed by atoms with Gasteiger partial charge in [-0.15, -0.1) is 0 Å². The average molecular weight is 440 g/mol. The van der Waals surface area contributed by atoms with E-state index in [4.69, 9.17) is 4.99 Å². The molecule has 0 atom stereocenters. The van der Waals surface area contributed by atoms with Gasteiger partial charge in [-0.05, 0) is 29.0 Å². The minimum atomic E-state index is 0.328. The number of para-hydroxylation sites is 2. The van der Waals surface area contributed by atoms with E-state index >= 15 is 0 Å². The third-order valence-corrected chi connectivity index (χ3v) is 5.52. The maximum absolute atomic E-state index is 11.7. The fourth-order valence-corrected chi connectivity index (χ4v) is 3.91. The summed E-state index contributed by atoms with van der Waals surface area (Å²) in [5.74, 6) is 1.36. The van der Waals surface area contributed by atoms with Crippen molar-refractivity contribution in [1.82, 2.24) is 9.78 Å². The molecule has 4 nitrogen and oxygen atoms in total. The Hall–Kier alpha value is -3.53. The van der Waals surface area contributed by atoms with Crippen molar-refractivity contribution in [3.05, 3.63) is 95.2 Å². The first-order chi connectivity index (χ1) is 16.0. The van der Waals surface area contributed by atoms with Crippen LogP contribution in [0.4, 0.5) is 5.69 Å². The molecule has 0 saturated carbocycles. The Morgan fingerprint density at radius 2 is 1.39 bits per heavy atom. The molecule has 170 valence electrons. The molecule has 0 bridgehead atoms. The summed E-state index contributed by atoms with van der Waals surface area (Å²) >= 11 is 0. The molecule has 0 aliphatic rings. The van der Waals surface area contributed by atoms with Gasteiger partial charge in [0.2, 0.25) is 0 Å². The van der Waals surface area contributed by atoms with E-state index in [1.807, 2.05) is 68.4 Å². The lowest BCUT2D eigenvalue weighted by Gasteiger charge is -2.18. The van der Waals surface area contributed by atoms with Crippen molar-refractivity contribution >= 4 is 28.7 Å². The smallest absolute Gasteiger partial charge is 0.170 e. The number of benzene rings is 3. The van der Waals surface area contributed by atoms with Crippen LogP contribution in [0.25, 0.3) is 10.9 Å². The van der Waals surface area contributed by atoms with Gasteiger partial charge >= 0.3 is 0 Å². The van der Waals surface area contributed by atoms with Gasteiger partial charge in [-0.3, -0.25) is 4.79 Å². The molecule has 4 heteroatoms. The van der Waals surface area contributed by atoms with Gasteiger partial charge in [0.25, 0.3) is 0 Å². The van der Waals surface area contributed by atoms with E-state index in [1.54, 1.807) is 4.68 Å². The molecule has 0 saturated heterocycles. The molecule has 0 amide bonds. The summed E-state index contributed by atoms with van der Waals surface area (Å²) in [4.78, 5) is 17.0. The number of aliphatic imine (C=N–C) groups is 1. The van der Waals surface area contributed by atoms with E-state index in [0.29, 0.717) is 23.4 Å². The lowest BCUT2D eigenvalue weighted by molar-refractivity contribution is 0.112. The number of nitrogens with zero attached hydrogens (tertiary/aromatic N) is 3. The van der Waals surface area contributed by atoms with Crippen LogP contribution in [0, 0.1) is 0 Å². The minimum Gasteiger partial charge on any atom is -0.296 e. The van der Waals surface area contributed by atoms with Gasteiger partial charge in [-0.1, -0.05) is 108 Å². The van der Waals surface area contributed by atoms with Crippen LogP contribution < -0.4 is 0 Å². The summed E-state index contributed by atoms with van der Waals surface area (Å²) in [5, 5.41) is 5.47. The lowest BCUT2D eigenvalue weighted by Crippen LogP contribution is -2.16. The summed E-state index contributed by atoms with van der Waals surface area (Å²) in [6.07, 6.45) is 0.809. The number of rotatable bonds is 5. The zero-order valence-corrected chi connectivity index (χ0v) is 20.4. The highest BCUT2D eigenvalue weighted by Gasteiger charge is 2.19. The third kappa shape index (κ3) is 4.95. The van der Waals surface area contributed by atoms with Crippen LogP contribution in [0.15, 0.2) is 77.8 Å². The number of carbonyl (C=O) groups is 1. The number of fused-ring (bicyclic) bond motifs is 1. The number of hydrogen-bond acceptors (Lipinski definition) is 3. The largest absolute Gasteiger partial charge is 0.296 e. The van der Waals surface area contributed by atoms with Gasteiger partial charge in [-0.2, -0.15) is 5.10 Å². The first kappa shape index (κ1) is 24.1. The van der Waals surface area contributed by atoms with Crippen LogP contribution in [0.2, 0.25) is 0 Å². The van der Waals surface area contributed by atoms with Crippen LogP contribution in [-0.2, 0) is 0 Å². The SMILES string of the molecule is CC.CC(C)c1cccc(C(C)C)c1N=C(c1ccccc1)n1nc(C=O)c2ccccc21. The van der Waals surface area contributed by atoms with Gasteiger partial charge < -0.3 is 0 Å². The molecule has 0 radical (unpaired) electrons. The lowest BCUT2D eigenvalue weighted by atomic mass is 9.93. The number of aldehydes is 1. The molecule has 4 aromatic rings. The van der Waals surface area contributed by atoms with Crippen molar-refractivity contribution in [2.24, 2.45) is 4.99 Å². The van der Waals surface area contributed by atoms with Crippen LogP contribution in [0.1, 0.15) is 80.6 Å². The van der Waals surface area contributed by atoms with Crippen molar-refractivity contribution in [3.8, 4) is 0 Å². The molecular weight excluding hydrogens is 406 g/mol. The second kappa shape index (κ2) is 10.9. The highest BCUT2D eigenvalue weighted by atomic mass is 16.1. The Balaban J connectivity index is 0.00000149. The zero-order valence-electron chi connectivity index (χ0n) is 20.4. The summed E-state index contributed by atoms with van der Waals surface area (Å²) in [5.41, 5.74) is 5.61. The van der Waals surface area contributed by atoms with E-state index < -0.39 is 0 Å². The van der Waals surface area contributed by atoms with Gasteiger partial charge in [-0.25, -0.2) is 9.67 Å². The molecule has 0 aliphatic carbocycles. The van der Waals surface area contributed by atoms with E-state index in [-0.39, 0.29) is 0 Å². The Bertz CT molecular complexity index is 1220. The van der Waals surface area contributed by atoms with Crippen molar-refractivity contribution in [2.75, 3.05) is 0 Å². The molecule has 0 aliphatic heterocycles. The quantitative estimate of drug-likeness (QED) is 0.181. The van der Waals surface area contributed by atoms with Crippen molar-refractivity contribution in [1.29, 1.82) is 0 Å². The van der Waals surface area contributed by atoms with Crippen molar-refractivity contribution < 1.29 is 4.79 Å². The highest BCUT2D eigenvalue weighted by Crippen LogP contribution is 2.35. The summed E-state index contributed by atoms with van der Waals surface area (Å²) < 4.78 is 1.80. The number of aromatic nitrogens is 2. The molecule has 1 heterocycles. The Morgan fingerprint density at radius 1 is 0.818 bits per heavy atom. The Morgan fingerprint density at radius 3 is 1.97 bits per heavy atom. The predicted molar refractivity (Wildman–Crippen MR) is 139 cm³/mol. The molecule has 33 heavy (non-hydrogen) atoms. The van der Waals surface area contributed by atoms with E-state index in [1.165, 1.54) is 11.1 Å². The van der Waals surface area contributed by atoms with Crippen LogP contribution >= 0.6 is 0 Å². The number of carbonyl (C=O) groups excluding carboxylic acids is 1. The third-order valence-electron chi connectivity index (χ3n) is 5.52. The standard InChI is InChI=1S/C27H27N3O.C2H6/c1-18(2)21-14-10-15-22(19(3)4)26(21)28-27(20-11-6-5-7-12-20)30-25-16-9-8-13-23(25)24(17-31)29-30;1-2/h5-19H,1-4H3;1-2H3. The molecule has 4 rings (SSSR count). The molecule has 3 aromatic carbocycles. The van der Waals surface area contributed by atoms with Crippen LogP contribution in [0.5, 0.6) is 0 Å². The second-order valence-electron chi connectivity index (χ2n) is 8.33. The Kier molecular flexibility index (Phi) is 7.94. The van der Waals surface area contributed by atoms with Gasteiger partial charge in [0, 0.05) is 10.9 Å². The average Bonchev–Trinajstić information content (AvgIpc) is 3.22. The second-order valence-corrected chi connectivity index (χ2v) is 8.33. The first-order valence-electron chi connectivity index (χ1n) is 11.7. The molecule has 0 unspecified atom stereocenters. The predicted octanol–water partition coefficient (Wildman–Crippen LogP) is 7.75. The van der Waals surface area contributed by atoms with Crippen molar-refractivity contribution in [3.63, 3.8) is 0 Å². The normalized spacial score (nSPS) is 11.6. The van der Waals surface area contributed by atoms with Crippen molar-refractivity contribution in [2.45, 2.75) is 53.4 Å². The maximum atomic E-state index is 11.7. The number of hydrogen-bond donors (Lipinski definition) is 0. The summed E-state index contributed by atoms with van der Waals surface area (Å²) in [6, 6.07) is 24.2. The fourth-order valence-electron chi connectivity index (χ4n) is 3.91. The van der Waals surface area contributed by atoms with Crippen LogP contribution in [0.3, 0.4) is 0 Å². The topological polar surface area (TPSA) is 47.2 Å². The summed E-state index contributed by atoms with van der Waals surface area (Å²) in [7, 11) is 0. The fraction of sp³-hybridized carbons (Fsp3) is 0.276. The maximum Gasteiger partial charge on any atom is 0.170 e. The molecule has 0 spiro atoms. The van der Waals surface area contributed by atoms with Gasteiger partial charge in [0.1, 0.15) is 5.69 Å². The summed E-state index contributed by atoms with van der Waals surface area (Å²) in [6.45, 7) is 12.8. The molecular formula is C29H33N3O.